The predicted molar refractivity (Wildman–Crippen MR) is 96.8 cm³/mol. The summed E-state index contributed by atoms with van der Waals surface area (Å²) in [5.41, 5.74) is 3.27. The van der Waals surface area contributed by atoms with Crippen LogP contribution in [0.25, 0.3) is 5.82 Å². The highest BCUT2D eigenvalue weighted by Crippen LogP contribution is 2.21. The van der Waals surface area contributed by atoms with E-state index >= 15 is 0 Å². The monoisotopic (exact) mass is 337 g/mol. The van der Waals surface area contributed by atoms with E-state index in [4.69, 9.17) is 4.74 Å². The van der Waals surface area contributed by atoms with Gasteiger partial charge in [0.15, 0.2) is 5.82 Å². The molecule has 3 rings (SSSR count). The smallest absolute Gasteiger partial charge is 0.217 e. The molecule has 3 aromatic heterocycles. The highest BCUT2D eigenvalue weighted by Gasteiger charge is 2.15. The lowest BCUT2D eigenvalue weighted by Gasteiger charge is -2.15. The Balaban J connectivity index is 1.72. The van der Waals surface area contributed by atoms with E-state index in [0.29, 0.717) is 19.0 Å². The number of aromatic nitrogens is 4. The van der Waals surface area contributed by atoms with Crippen molar-refractivity contribution in [2.24, 2.45) is 0 Å². The minimum absolute atomic E-state index is 0.146. The zero-order valence-electron chi connectivity index (χ0n) is 14.8. The Labute approximate surface area is 147 Å². The number of nitrogens with zero attached hydrogens (tertiary/aromatic N) is 4. The van der Waals surface area contributed by atoms with E-state index in [1.165, 1.54) is 0 Å². The van der Waals surface area contributed by atoms with E-state index in [1.807, 2.05) is 48.1 Å². The third-order valence-electron chi connectivity index (χ3n) is 4.11. The quantitative estimate of drug-likeness (QED) is 0.717. The van der Waals surface area contributed by atoms with Crippen molar-refractivity contribution in [3.8, 4) is 11.7 Å². The van der Waals surface area contributed by atoms with Crippen LogP contribution in [0.3, 0.4) is 0 Å². The largest absolute Gasteiger partial charge is 0.478 e. The van der Waals surface area contributed by atoms with Crippen molar-refractivity contribution in [2.75, 3.05) is 6.61 Å². The van der Waals surface area contributed by atoms with Gasteiger partial charge in [-0.25, -0.2) is 14.6 Å². The van der Waals surface area contributed by atoms with Crippen molar-refractivity contribution in [2.45, 2.75) is 33.4 Å². The van der Waals surface area contributed by atoms with Gasteiger partial charge in [0.1, 0.15) is 0 Å². The summed E-state index contributed by atoms with van der Waals surface area (Å²) < 4.78 is 7.45. The SMILES string of the molecule is CCOc1ncccc1CN[C@@H](C)c1cnn(-c2ccccn2)c1C. The Morgan fingerprint density at radius 3 is 2.76 bits per heavy atom. The van der Waals surface area contributed by atoms with Gasteiger partial charge in [-0.15, -0.1) is 0 Å². The second kappa shape index (κ2) is 7.90. The molecule has 0 aromatic carbocycles. The second-order valence-corrected chi connectivity index (χ2v) is 5.79. The lowest BCUT2D eigenvalue weighted by atomic mass is 10.1. The number of hydrogen-bond donors (Lipinski definition) is 1. The standard InChI is InChI=1S/C19H23N5O/c1-4-25-19-16(8-7-11-21-19)12-22-14(2)17-13-23-24(15(17)3)18-9-5-6-10-20-18/h5-11,13-14,22H,4,12H2,1-3H3/t14-/m0/s1. The average molecular weight is 337 g/mol. The van der Waals surface area contributed by atoms with Gasteiger partial charge in [0.25, 0.3) is 0 Å². The van der Waals surface area contributed by atoms with E-state index in [1.54, 1.807) is 12.4 Å². The van der Waals surface area contributed by atoms with Crippen molar-refractivity contribution in [1.82, 2.24) is 25.1 Å². The van der Waals surface area contributed by atoms with Crippen molar-refractivity contribution in [3.05, 3.63) is 65.7 Å². The van der Waals surface area contributed by atoms with Crippen LogP contribution in [0, 0.1) is 6.92 Å². The molecule has 25 heavy (non-hydrogen) atoms. The number of rotatable bonds is 7. The molecule has 0 saturated heterocycles. The van der Waals surface area contributed by atoms with Crippen LogP contribution < -0.4 is 10.1 Å². The van der Waals surface area contributed by atoms with Crippen LogP contribution in [0.15, 0.2) is 48.9 Å². The van der Waals surface area contributed by atoms with Crippen molar-refractivity contribution in [3.63, 3.8) is 0 Å². The van der Waals surface area contributed by atoms with Gasteiger partial charge in [0.2, 0.25) is 5.88 Å². The van der Waals surface area contributed by atoms with Crippen molar-refractivity contribution in [1.29, 1.82) is 0 Å². The van der Waals surface area contributed by atoms with Crippen LogP contribution in [0.4, 0.5) is 0 Å². The van der Waals surface area contributed by atoms with Gasteiger partial charge in [-0.1, -0.05) is 12.1 Å². The maximum absolute atomic E-state index is 5.58. The molecule has 0 aliphatic carbocycles. The van der Waals surface area contributed by atoms with Gasteiger partial charge in [0.05, 0.1) is 12.8 Å². The van der Waals surface area contributed by atoms with Gasteiger partial charge in [0, 0.05) is 41.8 Å². The molecule has 0 amide bonds. The van der Waals surface area contributed by atoms with Crippen molar-refractivity contribution < 1.29 is 4.74 Å². The Bertz CT molecular complexity index is 816. The molecule has 0 fully saturated rings. The fourth-order valence-electron chi connectivity index (χ4n) is 2.76. The first-order valence-electron chi connectivity index (χ1n) is 8.46. The molecule has 0 radical (unpaired) electrons. The maximum Gasteiger partial charge on any atom is 0.217 e. The highest BCUT2D eigenvalue weighted by atomic mass is 16.5. The summed E-state index contributed by atoms with van der Waals surface area (Å²) >= 11 is 0. The zero-order valence-corrected chi connectivity index (χ0v) is 14.8. The van der Waals surface area contributed by atoms with Crippen LogP contribution in [0.5, 0.6) is 5.88 Å². The Hall–Kier alpha value is -2.73. The third-order valence-corrected chi connectivity index (χ3v) is 4.11. The summed E-state index contributed by atoms with van der Waals surface area (Å²) in [7, 11) is 0. The molecule has 0 spiro atoms. The van der Waals surface area contributed by atoms with E-state index in [0.717, 1.165) is 22.6 Å². The number of nitrogens with one attached hydrogen (secondary N) is 1. The summed E-state index contributed by atoms with van der Waals surface area (Å²) in [6, 6.07) is 9.91. The van der Waals surface area contributed by atoms with E-state index in [-0.39, 0.29) is 6.04 Å². The van der Waals surface area contributed by atoms with Gasteiger partial charge in [-0.2, -0.15) is 5.10 Å². The molecule has 0 saturated carbocycles. The van der Waals surface area contributed by atoms with Crippen LogP contribution in [0.1, 0.15) is 36.7 Å². The summed E-state index contributed by atoms with van der Waals surface area (Å²) in [5, 5.41) is 8.01. The first-order chi connectivity index (χ1) is 12.2. The van der Waals surface area contributed by atoms with Gasteiger partial charge >= 0.3 is 0 Å². The molecule has 6 heteroatoms. The summed E-state index contributed by atoms with van der Waals surface area (Å²) in [4.78, 5) is 8.66. The second-order valence-electron chi connectivity index (χ2n) is 5.79. The average Bonchev–Trinajstić information content (AvgIpc) is 3.03. The lowest BCUT2D eigenvalue weighted by Crippen LogP contribution is -2.19. The molecule has 6 nitrogen and oxygen atoms in total. The van der Waals surface area contributed by atoms with E-state index in [2.05, 4.69) is 34.2 Å². The lowest BCUT2D eigenvalue weighted by molar-refractivity contribution is 0.321. The number of hydrogen-bond acceptors (Lipinski definition) is 5. The molecule has 0 aliphatic heterocycles. The first kappa shape index (κ1) is 17.1. The first-order valence-corrected chi connectivity index (χ1v) is 8.46. The van der Waals surface area contributed by atoms with Crippen molar-refractivity contribution >= 4 is 0 Å². The molecular weight excluding hydrogens is 314 g/mol. The normalized spacial score (nSPS) is 12.1. The van der Waals surface area contributed by atoms with E-state index in [9.17, 15) is 0 Å². The Morgan fingerprint density at radius 2 is 2.00 bits per heavy atom. The molecule has 130 valence electrons. The molecular formula is C19H23N5O. The van der Waals surface area contributed by atoms with E-state index < -0.39 is 0 Å². The molecule has 3 aromatic rings. The van der Waals surface area contributed by atoms with Crippen LogP contribution in [0.2, 0.25) is 0 Å². The number of ether oxygens (including phenoxy) is 1. The number of pyridine rings is 2. The highest BCUT2D eigenvalue weighted by molar-refractivity contribution is 5.30. The molecule has 0 bridgehead atoms. The molecule has 1 atom stereocenters. The zero-order chi connectivity index (χ0) is 17.6. The van der Waals surface area contributed by atoms with Gasteiger partial charge < -0.3 is 10.1 Å². The Morgan fingerprint density at radius 1 is 1.16 bits per heavy atom. The summed E-state index contributed by atoms with van der Waals surface area (Å²) in [5.74, 6) is 1.51. The fraction of sp³-hybridized carbons (Fsp3) is 0.316. The third kappa shape index (κ3) is 3.85. The molecule has 0 aliphatic rings. The van der Waals surface area contributed by atoms with Crippen LogP contribution in [-0.2, 0) is 6.54 Å². The Kier molecular flexibility index (Phi) is 5.40. The molecule has 3 heterocycles. The van der Waals surface area contributed by atoms with Crippen LogP contribution in [-0.4, -0.2) is 26.4 Å². The summed E-state index contributed by atoms with van der Waals surface area (Å²) in [6.45, 7) is 7.44. The fourth-order valence-corrected chi connectivity index (χ4v) is 2.76. The summed E-state index contributed by atoms with van der Waals surface area (Å²) in [6.07, 6.45) is 5.42. The van der Waals surface area contributed by atoms with Gasteiger partial charge in [-0.3, -0.25) is 0 Å². The topological polar surface area (TPSA) is 64.9 Å². The minimum Gasteiger partial charge on any atom is -0.478 e. The predicted octanol–water partition coefficient (Wildman–Crippen LogP) is 3.22. The van der Waals surface area contributed by atoms with Crippen LogP contribution >= 0.6 is 0 Å². The van der Waals surface area contributed by atoms with Gasteiger partial charge in [-0.05, 0) is 39.0 Å². The molecule has 1 N–H and O–H groups in total. The maximum atomic E-state index is 5.58. The minimum atomic E-state index is 0.146. The molecule has 0 unspecified atom stereocenters.